The molecule has 0 radical (unpaired) electrons. The summed E-state index contributed by atoms with van der Waals surface area (Å²) >= 11 is 5.85. The Balaban J connectivity index is 2.54. The average molecular weight is 292 g/mol. The number of aliphatic hydroxyl groups excluding tert-OH is 1. The molecule has 1 aliphatic rings. The van der Waals surface area contributed by atoms with Gasteiger partial charge < -0.3 is 10.0 Å². The molecule has 1 aromatic rings. The van der Waals surface area contributed by atoms with Gasteiger partial charge in [-0.15, -0.1) is 6.58 Å². The van der Waals surface area contributed by atoms with E-state index in [-0.39, 0.29) is 17.9 Å². The van der Waals surface area contributed by atoms with Crippen LogP contribution in [0.3, 0.4) is 0 Å². The van der Waals surface area contributed by atoms with E-state index < -0.39 is 17.7 Å². The van der Waals surface area contributed by atoms with E-state index in [0.717, 1.165) is 5.56 Å². The highest BCUT2D eigenvalue weighted by Gasteiger charge is 2.41. The third kappa shape index (κ3) is 2.34. The van der Waals surface area contributed by atoms with E-state index in [0.29, 0.717) is 5.02 Å². The van der Waals surface area contributed by atoms with Gasteiger partial charge in [0.25, 0.3) is 5.91 Å². The van der Waals surface area contributed by atoms with Crippen LogP contribution in [0.15, 0.2) is 48.3 Å². The molecule has 20 heavy (non-hydrogen) atoms. The minimum absolute atomic E-state index is 0.110. The molecule has 1 amide bonds. The Kier molecular flexibility index (Phi) is 3.95. The lowest BCUT2D eigenvalue weighted by Crippen LogP contribution is -2.31. The minimum Gasteiger partial charge on any atom is -0.503 e. The number of Topliss-reactive ketones (excluding diaryl/α,β-unsaturated/α-hetero) is 1. The molecule has 0 unspecified atom stereocenters. The Morgan fingerprint density at radius 3 is 2.55 bits per heavy atom. The number of carbonyl (C=O) groups is 2. The highest BCUT2D eigenvalue weighted by Crippen LogP contribution is 2.37. The Morgan fingerprint density at radius 1 is 1.45 bits per heavy atom. The largest absolute Gasteiger partial charge is 0.503 e. The lowest BCUT2D eigenvalue weighted by Gasteiger charge is -2.25. The summed E-state index contributed by atoms with van der Waals surface area (Å²) in [5.41, 5.74) is 0.832. The van der Waals surface area contributed by atoms with Crippen molar-refractivity contribution >= 4 is 23.3 Å². The summed E-state index contributed by atoms with van der Waals surface area (Å²) in [6.07, 6.45) is 1.55. The fourth-order valence-electron chi connectivity index (χ4n) is 2.33. The first-order valence-electron chi connectivity index (χ1n) is 6.08. The molecule has 1 heterocycles. The molecule has 1 N–H and O–H groups in total. The standard InChI is InChI=1S/C15H14ClNO3/c1-3-8-17-13(10-4-6-11(16)7-5-10)12(9(2)18)14(19)15(17)20/h3-7,13,19H,1,8H2,2H3/t13-/m1/s1. The zero-order valence-corrected chi connectivity index (χ0v) is 11.7. The zero-order valence-electron chi connectivity index (χ0n) is 11.0. The second-order valence-electron chi connectivity index (χ2n) is 4.52. The van der Waals surface area contributed by atoms with E-state index in [1.54, 1.807) is 30.3 Å². The molecule has 0 aromatic heterocycles. The van der Waals surface area contributed by atoms with Gasteiger partial charge in [0, 0.05) is 11.6 Å². The van der Waals surface area contributed by atoms with Crippen LogP contribution in [0, 0.1) is 0 Å². The van der Waals surface area contributed by atoms with Gasteiger partial charge in [0.2, 0.25) is 0 Å². The SMILES string of the molecule is C=CCN1C(=O)C(O)=C(C(C)=O)[C@H]1c1ccc(Cl)cc1. The van der Waals surface area contributed by atoms with Gasteiger partial charge in [-0.3, -0.25) is 9.59 Å². The Hall–Kier alpha value is -2.07. The molecular weight excluding hydrogens is 278 g/mol. The third-order valence-corrected chi connectivity index (χ3v) is 3.45. The summed E-state index contributed by atoms with van der Waals surface area (Å²) in [6.45, 7) is 5.17. The van der Waals surface area contributed by atoms with Crippen LogP contribution >= 0.6 is 11.6 Å². The molecule has 1 aliphatic heterocycles. The van der Waals surface area contributed by atoms with E-state index >= 15 is 0 Å². The minimum atomic E-state index is -0.602. The number of amides is 1. The first-order chi connectivity index (χ1) is 9.47. The van der Waals surface area contributed by atoms with Gasteiger partial charge in [0.1, 0.15) is 0 Å². The molecular formula is C15H14ClNO3. The van der Waals surface area contributed by atoms with Crippen molar-refractivity contribution in [2.75, 3.05) is 6.54 Å². The molecule has 0 fully saturated rings. The molecule has 5 heteroatoms. The van der Waals surface area contributed by atoms with E-state index in [1.165, 1.54) is 11.8 Å². The summed E-state index contributed by atoms with van der Waals surface area (Å²) in [6, 6.07) is 6.23. The van der Waals surface area contributed by atoms with Gasteiger partial charge in [0.15, 0.2) is 11.5 Å². The van der Waals surface area contributed by atoms with Crippen LogP contribution in [-0.2, 0) is 9.59 Å². The van der Waals surface area contributed by atoms with Crippen molar-refractivity contribution in [1.82, 2.24) is 4.90 Å². The monoisotopic (exact) mass is 291 g/mol. The smallest absolute Gasteiger partial charge is 0.290 e. The van der Waals surface area contributed by atoms with Crippen molar-refractivity contribution in [3.8, 4) is 0 Å². The normalized spacial score (nSPS) is 18.6. The number of rotatable bonds is 4. The number of hydrogen-bond donors (Lipinski definition) is 1. The zero-order chi connectivity index (χ0) is 14.9. The predicted molar refractivity (Wildman–Crippen MR) is 76.4 cm³/mol. The van der Waals surface area contributed by atoms with E-state index in [2.05, 4.69) is 6.58 Å². The van der Waals surface area contributed by atoms with Crippen molar-refractivity contribution in [2.24, 2.45) is 0 Å². The van der Waals surface area contributed by atoms with Crippen molar-refractivity contribution in [3.05, 3.63) is 58.8 Å². The molecule has 1 atom stereocenters. The van der Waals surface area contributed by atoms with Gasteiger partial charge in [-0.2, -0.15) is 0 Å². The van der Waals surface area contributed by atoms with Crippen LogP contribution in [-0.4, -0.2) is 28.2 Å². The van der Waals surface area contributed by atoms with E-state index in [4.69, 9.17) is 11.6 Å². The van der Waals surface area contributed by atoms with Gasteiger partial charge in [0.05, 0.1) is 11.6 Å². The molecule has 2 rings (SSSR count). The molecule has 0 saturated heterocycles. The maximum Gasteiger partial charge on any atom is 0.290 e. The second kappa shape index (κ2) is 5.51. The van der Waals surface area contributed by atoms with Crippen LogP contribution in [0.1, 0.15) is 18.5 Å². The molecule has 0 bridgehead atoms. The number of halogens is 1. The molecule has 0 saturated carbocycles. The summed E-state index contributed by atoms with van der Waals surface area (Å²) in [4.78, 5) is 25.2. The van der Waals surface area contributed by atoms with Gasteiger partial charge in [-0.05, 0) is 24.6 Å². The fourth-order valence-corrected chi connectivity index (χ4v) is 2.46. The lowest BCUT2D eigenvalue weighted by molar-refractivity contribution is -0.128. The maximum absolute atomic E-state index is 12.1. The van der Waals surface area contributed by atoms with Crippen LogP contribution in [0.5, 0.6) is 0 Å². The number of nitrogens with zero attached hydrogens (tertiary/aromatic N) is 1. The quantitative estimate of drug-likeness (QED) is 0.868. The number of benzene rings is 1. The van der Waals surface area contributed by atoms with Gasteiger partial charge >= 0.3 is 0 Å². The van der Waals surface area contributed by atoms with Gasteiger partial charge in [-0.25, -0.2) is 0 Å². The summed E-state index contributed by atoms with van der Waals surface area (Å²) < 4.78 is 0. The number of carbonyl (C=O) groups excluding carboxylic acids is 2. The molecule has 0 spiro atoms. The number of hydrogen-bond acceptors (Lipinski definition) is 3. The Labute approximate surface area is 122 Å². The van der Waals surface area contributed by atoms with Crippen LogP contribution < -0.4 is 0 Å². The number of ketones is 1. The summed E-state index contributed by atoms with van der Waals surface area (Å²) in [5, 5.41) is 10.5. The van der Waals surface area contributed by atoms with Crippen LogP contribution in [0.2, 0.25) is 5.02 Å². The maximum atomic E-state index is 12.1. The average Bonchev–Trinajstić information content (AvgIpc) is 2.65. The van der Waals surface area contributed by atoms with Crippen molar-refractivity contribution in [1.29, 1.82) is 0 Å². The number of aliphatic hydroxyl groups is 1. The molecule has 104 valence electrons. The second-order valence-corrected chi connectivity index (χ2v) is 4.96. The molecule has 4 nitrogen and oxygen atoms in total. The first-order valence-corrected chi connectivity index (χ1v) is 6.46. The van der Waals surface area contributed by atoms with Crippen LogP contribution in [0.4, 0.5) is 0 Å². The Morgan fingerprint density at radius 2 is 2.05 bits per heavy atom. The van der Waals surface area contributed by atoms with Gasteiger partial charge in [-0.1, -0.05) is 29.8 Å². The first kappa shape index (κ1) is 14.3. The van der Waals surface area contributed by atoms with Crippen LogP contribution in [0.25, 0.3) is 0 Å². The Bertz CT molecular complexity index is 604. The lowest BCUT2D eigenvalue weighted by atomic mass is 9.97. The van der Waals surface area contributed by atoms with Crippen molar-refractivity contribution in [2.45, 2.75) is 13.0 Å². The van der Waals surface area contributed by atoms with E-state index in [9.17, 15) is 14.7 Å². The van der Waals surface area contributed by atoms with E-state index in [1.807, 2.05) is 0 Å². The topological polar surface area (TPSA) is 57.6 Å². The summed E-state index contributed by atoms with van der Waals surface area (Å²) in [7, 11) is 0. The fraction of sp³-hybridized carbons (Fsp3) is 0.200. The van der Waals surface area contributed by atoms with Crippen molar-refractivity contribution < 1.29 is 14.7 Å². The highest BCUT2D eigenvalue weighted by molar-refractivity contribution is 6.30. The third-order valence-electron chi connectivity index (χ3n) is 3.19. The highest BCUT2D eigenvalue weighted by atomic mass is 35.5. The summed E-state index contributed by atoms with van der Waals surface area (Å²) in [5.74, 6) is -1.38. The van der Waals surface area contributed by atoms with Crippen molar-refractivity contribution in [3.63, 3.8) is 0 Å². The molecule has 1 aromatic carbocycles. The predicted octanol–water partition coefficient (Wildman–Crippen LogP) is 2.81. The molecule has 0 aliphatic carbocycles.